The minimum absolute atomic E-state index is 0.115. The molecule has 3 aromatic rings. The van der Waals surface area contributed by atoms with Gasteiger partial charge in [0.15, 0.2) is 5.82 Å². The van der Waals surface area contributed by atoms with Crippen molar-refractivity contribution in [3.63, 3.8) is 0 Å². The highest BCUT2D eigenvalue weighted by Crippen LogP contribution is 2.22. The SMILES string of the molecule is CCCOC(=O)c1ccc(NC(=O)CSc2nnc(-c3ccc(C)cc3)n2N)cc1. The Morgan fingerprint density at radius 1 is 1.10 bits per heavy atom. The summed E-state index contributed by atoms with van der Waals surface area (Å²) < 4.78 is 6.45. The number of carbonyl (C=O) groups excluding carboxylic acids is 2. The summed E-state index contributed by atoms with van der Waals surface area (Å²) in [6.07, 6.45) is 0.765. The Kier molecular flexibility index (Phi) is 7.08. The van der Waals surface area contributed by atoms with Gasteiger partial charge in [-0.2, -0.15) is 0 Å². The number of amides is 1. The fourth-order valence-electron chi connectivity index (χ4n) is 2.57. The van der Waals surface area contributed by atoms with Crippen molar-refractivity contribution in [3.8, 4) is 11.4 Å². The van der Waals surface area contributed by atoms with E-state index in [-0.39, 0.29) is 17.6 Å². The van der Waals surface area contributed by atoms with Crippen LogP contribution in [0.2, 0.25) is 0 Å². The smallest absolute Gasteiger partial charge is 0.338 e. The molecule has 0 aliphatic heterocycles. The van der Waals surface area contributed by atoms with Gasteiger partial charge in [0.05, 0.1) is 17.9 Å². The molecule has 0 saturated carbocycles. The summed E-state index contributed by atoms with van der Waals surface area (Å²) in [4.78, 5) is 24.1. The molecule has 3 rings (SSSR count). The first kappa shape index (κ1) is 21.4. The van der Waals surface area contributed by atoms with Gasteiger partial charge in [0.1, 0.15) is 0 Å². The van der Waals surface area contributed by atoms with Crippen LogP contribution < -0.4 is 11.2 Å². The molecule has 8 nitrogen and oxygen atoms in total. The van der Waals surface area contributed by atoms with Gasteiger partial charge in [-0.1, -0.05) is 48.5 Å². The van der Waals surface area contributed by atoms with Crippen LogP contribution in [0.15, 0.2) is 53.7 Å². The molecule has 30 heavy (non-hydrogen) atoms. The Labute approximate surface area is 178 Å². The van der Waals surface area contributed by atoms with Gasteiger partial charge in [0.2, 0.25) is 11.1 Å². The molecular weight excluding hydrogens is 402 g/mol. The van der Waals surface area contributed by atoms with Crippen LogP contribution in [0.5, 0.6) is 0 Å². The van der Waals surface area contributed by atoms with Crippen molar-refractivity contribution in [1.29, 1.82) is 0 Å². The van der Waals surface area contributed by atoms with E-state index in [2.05, 4.69) is 15.5 Å². The van der Waals surface area contributed by atoms with Crippen molar-refractivity contribution in [2.75, 3.05) is 23.5 Å². The quantitative estimate of drug-likeness (QED) is 0.324. The first-order chi connectivity index (χ1) is 14.5. The number of benzene rings is 2. The molecule has 0 unspecified atom stereocenters. The van der Waals surface area contributed by atoms with Crippen molar-refractivity contribution >= 4 is 29.3 Å². The summed E-state index contributed by atoms with van der Waals surface area (Å²) in [7, 11) is 0. The van der Waals surface area contributed by atoms with Gasteiger partial charge in [-0.25, -0.2) is 9.47 Å². The predicted molar refractivity (Wildman–Crippen MR) is 117 cm³/mol. The number of esters is 1. The third-order valence-electron chi connectivity index (χ3n) is 4.15. The molecule has 1 amide bonds. The molecule has 0 bridgehead atoms. The van der Waals surface area contributed by atoms with E-state index in [0.29, 0.717) is 28.8 Å². The minimum atomic E-state index is -0.378. The van der Waals surface area contributed by atoms with Crippen LogP contribution in [0.3, 0.4) is 0 Å². The topological polar surface area (TPSA) is 112 Å². The third kappa shape index (κ3) is 5.38. The largest absolute Gasteiger partial charge is 0.462 e. The molecule has 0 radical (unpaired) electrons. The van der Waals surface area contributed by atoms with Crippen LogP contribution in [0.4, 0.5) is 5.69 Å². The number of nitrogens with two attached hydrogens (primary N) is 1. The van der Waals surface area contributed by atoms with E-state index in [1.54, 1.807) is 24.3 Å². The summed E-state index contributed by atoms with van der Waals surface area (Å²) in [5.41, 5.74) is 3.02. The second-order valence-electron chi connectivity index (χ2n) is 6.59. The highest BCUT2D eigenvalue weighted by molar-refractivity contribution is 7.99. The monoisotopic (exact) mass is 425 g/mol. The lowest BCUT2D eigenvalue weighted by Crippen LogP contribution is -2.16. The zero-order valence-electron chi connectivity index (χ0n) is 16.8. The lowest BCUT2D eigenvalue weighted by molar-refractivity contribution is -0.113. The normalized spacial score (nSPS) is 10.6. The maximum Gasteiger partial charge on any atom is 0.338 e. The number of nitrogens with zero attached hydrogens (tertiary/aromatic N) is 3. The predicted octanol–water partition coefficient (Wildman–Crippen LogP) is 3.26. The van der Waals surface area contributed by atoms with E-state index in [1.165, 1.54) is 16.4 Å². The molecule has 0 saturated heterocycles. The maximum atomic E-state index is 12.2. The number of rotatable bonds is 8. The van der Waals surface area contributed by atoms with Gasteiger partial charge in [0, 0.05) is 11.3 Å². The number of carbonyl (C=O) groups is 2. The van der Waals surface area contributed by atoms with Gasteiger partial charge < -0.3 is 15.9 Å². The number of nitrogen functional groups attached to an aromatic ring is 1. The van der Waals surface area contributed by atoms with Crippen molar-refractivity contribution in [3.05, 3.63) is 59.7 Å². The molecule has 0 spiro atoms. The molecule has 2 aromatic carbocycles. The first-order valence-corrected chi connectivity index (χ1v) is 10.4. The lowest BCUT2D eigenvalue weighted by atomic mass is 10.1. The van der Waals surface area contributed by atoms with Gasteiger partial charge in [-0.3, -0.25) is 4.79 Å². The first-order valence-electron chi connectivity index (χ1n) is 9.45. The van der Waals surface area contributed by atoms with E-state index in [4.69, 9.17) is 10.6 Å². The lowest BCUT2D eigenvalue weighted by Gasteiger charge is -2.07. The number of anilines is 1. The number of ether oxygens (including phenoxy) is 1. The highest BCUT2D eigenvalue weighted by atomic mass is 32.2. The third-order valence-corrected chi connectivity index (χ3v) is 5.09. The van der Waals surface area contributed by atoms with E-state index in [9.17, 15) is 9.59 Å². The average molecular weight is 426 g/mol. The molecule has 0 atom stereocenters. The molecule has 156 valence electrons. The molecule has 3 N–H and O–H groups in total. The Hall–Kier alpha value is -3.33. The molecule has 0 aliphatic carbocycles. The molecule has 1 aromatic heterocycles. The Balaban J connectivity index is 1.55. The van der Waals surface area contributed by atoms with Gasteiger partial charge in [-0.15, -0.1) is 10.2 Å². The summed E-state index contributed by atoms with van der Waals surface area (Å²) in [5.74, 6) is 6.13. The van der Waals surface area contributed by atoms with E-state index < -0.39 is 0 Å². The van der Waals surface area contributed by atoms with Crippen LogP contribution in [0.25, 0.3) is 11.4 Å². The van der Waals surface area contributed by atoms with Gasteiger partial charge >= 0.3 is 5.97 Å². The summed E-state index contributed by atoms with van der Waals surface area (Å²) in [6, 6.07) is 14.3. The van der Waals surface area contributed by atoms with Crippen LogP contribution in [0.1, 0.15) is 29.3 Å². The molecular formula is C21H23N5O3S. The summed E-state index contributed by atoms with van der Waals surface area (Å²) in [5, 5.41) is 11.4. The Morgan fingerprint density at radius 2 is 1.80 bits per heavy atom. The number of thioether (sulfide) groups is 1. The highest BCUT2D eigenvalue weighted by Gasteiger charge is 2.14. The fourth-order valence-corrected chi connectivity index (χ4v) is 3.23. The molecule has 0 aliphatic rings. The Bertz CT molecular complexity index is 1020. The number of hydrogen-bond donors (Lipinski definition) is 2. The zero-order valence-corrected chi connectivity index (χ0v) is 17.6. The number of nitrogens with one attached hydrogen (secondary N) is 1. The van der Waals surface area contributed by atoms with E-state index in [0.717, 1.165) is 17.5 Å². The minimum Gasteiger partial charge on any atom is -0.462 e. The summed E-state index contributed by atoms with van der Waals surface area (Å²) >= 11 is 1.19. The van der Waals surface area contributed by atoms with Gasteiger partial charge in [0.25, 0.3) is 0 Å². The second kappa shape index (κ2) is 9.93. The molecule has 0 fully saturated rings. The summed E-state index contributed by atoms with van der Waals surface area (Å²) in [6.45, 7) is 4.31. The average Bonchev–Trinajstić information content (AvgIpc) is 3.12. The van der Waals surface area contributed by atoms with Crippen molar-refractivity contribution in [1.82, 2.24) is 14.9 Å². The van der Waals surface area contributed by atoms with Crippen LogP contribution in [0, 0.1) is 6.92 Å². The van der Waals surface area contributed by atoms with Crippen LogP contribution >= 0.6 is 11.8 Å². The van der Waals surface area contributed by atoms with E-state index >= 15 is 0 Å². The molecule has 9 heteroatoms. The van der Waals surface area contributed by atoms with Crippen LogP contribution in [-0.4, -0.2) is 39.1 Å². The van der Waals surface area contributed by atoms with Gasteiger partial charge in [-0.05, 0) is 37.6 Å². The Morgan fingerprint density at radius 3 is 2.47 bits per heavy atom. The second-order valence-corrected chi connectivity index (χ2v) is 7.53. The number of aryl methyl sites for hydroxylation is 1. The van der Waals surface area contributed by atoms with E-state index in [1.807, 2.05) is 38.1 Å². The fraction of sp³-hybridized carbons (Fsp3) is 0.238. The number of aromatic nitrogens is 3. The standard InChI is InChI=1S/C21H23N5O3S/c1-3-12-29-20(28)16-8-10-17(11-9-16)23-18(27)13-30-21-25-24-19(26(21)22)15-6-4-14(2)5-7-15/h4-11H,3,12-13,22H2,1-2H3,(H,23,27). The maximum absolute atomic E-state index is 12.2. The van der Waals surface area contributed by atoms with Crippen molar-refractivity contribution < 1.29 is 14.3 Å². The van der Waals surface area contributed by atoms with Crippen LogP contribution in [-0.2, 0) is 9.53 Å². The van der Waals surface area contributed by atoms with Crippen molar-refractivity contribution in [2.24, 2.45) is 0 Å². The zero-order chi connectivity index (χ0) is 21.5. The van der Waals surface area contributed by atoms with Crippen molar-refractivity contribution in [2.45, 2.75) is 25.4 Å². The number of hydrogen-bond acceptors (Lipinski definition) is 7. The molecule has 1 heterocycles.